The summed E-state index contributed by atoms with van der Waals surface area (Å²) in [6.45, 7) is 12.1. The van der Waals surface area contributed by atoms with E-state index in [0.29, 0.717) is 19.1 Å². The fourth-order valence-corrected chi connectivity index (χ4v) is 2.46. The third kappa shape index (κ3) is 8.90. The minimum absolute atomic E-state index is 0. The number of aliphatic imine (C=N–C) groups is 1. The van der Waals surface area contributed by atoms with E-state index in [1.54, 1.807) is 6.33 Å². The molecule has 0 bridgehead atoms. The van der Waals surface area contributed by atoms with Gasteiger partial charge in [0.2, 0.25) is 0 Å². The topological polar surface area (TPSA) is 76.4 Å². The molecular formula is C20H33IN6O. The molecule has 0 spiro atoms. The molecule has 0 amide bonds. The molecule has 1 heterocycles. The summed E-state index contributed by atoms with van der Waals surface area (Å²) < 4.78 is 7.83. The fourth-order valence-electron chi connectivity index (χ4n) is 2.46. The van der Waals surface area contributed by atoms with E-state index < -0.39 is 0 Å². The number of aromatic nitrogens is 3. The molecule has 0 aliphatic carbocycles. The molecule has 1 aromatic heterocycles. The van der Waals surface area contributed by atoms with E-state index in [-0.39, 0.29) is 24.0 Å². The zero-order valence-electron chi connectivity index (χ0n) is 17.3. The molecule has 0 aliphatic heterocycles. The second kappa shape index (κ2) is 13.4. The van der Waals surface area contributed by atoms with Crippen LogP contribution < -0.4 is 15.4 Å². The van der Waals surface area contributed by atoms with Crippen molar-refractivity contribution < 1.29 is 4.74 Å². The Kier molecular flexibility index (Phi) is 11.5. The number of nitrogens with one attached hydrogen (secondary N) is 2. The molecule has 156 valence electrons. The first-order valence-electron chi connectivity index (χ1n) is 9.66. The first-order valence-corrected chi connectivity index (χ1v) is 9.66. The van der Waals surface area contributed by atoms with Crippen molar-refractivity contribution in [3.05, 3.63) is 42.0 Å². The van der Waals surface area contributed by atoms with Crippen LogP contribution in [0.4, 0.5) is 0 Å². The van der Waals surface area contributed by atoms with Crippen LogP contribution in [0.2, 0.25) is 0 Å². The molecule has 0 radical (unpaired) electrons. The summed E-state index contributed by atoms with van der Waals surface area (Å²) in [4.78, 5) is 4.64. The van der Waals surface area contributed by atoms with Gasteiger partial charge in [-0.25, -0.2) is 0 Å². The molecule has 8 heteroatoms. The van der Waals surface area contributed by atoms with E-state index in [1.807, 2.05) is 12.1 Å². The highest BCUT2D eigenvalue weighted by atomic mass is 127. The second-order valence-electron chi connectivity index (χ2n) is 6.89. The van der Waals surface area contributed by atoms with Crippen molar-refractivity contribution in [2.24, 2.45) is 10.9 Å². The van der Waals surface area contributed by atoms with Crippen molar-refractivity contribution in [1.82, 2.24) is 25.4 Å². The lowest BCUT2D eigenvalue weighted by Crippen LogP contribution is -2.41. The van der Waals surface area contributed by atoms with Gasteiger partial charge in [0.1, 0.15) is 24.5 Å². The summed E-state index contributed by atoms with van der Waals surface area (Å²) in [5, 5.41) is 14.8. The molecule has 2 N–H and O–H groups in total. The van der Waals surface area contributed by atoms with Gasteiger partial charge in [-0.1, -0.05) is 38.5 Å². The van der Waals surface area contributed by atoms with Crippen LogP contribution in [0.3, 0.4) is 0 Å². The predicted octanol–water partition coefficient (Wildman–Crippen LogP) is 3.04. The van der Waals surface area contributed by atoms with E-state index in [4.69, 9.17) is 4.74 Å². The van der Waals surface area contributed by atoms with Crippen LogP contribution in [-0.4, -0.2) is 47.0 Å². The molecule has 0 aliphatic rings. The van der Waals surface area contributed by atoms with Gasteiger partial charge in [0.25, 0.3) is 0 Å². The average Bonchev–Trinajstić information content (AvgIpc) is 3.11. The molecule has 7 nitrogen and oxygen atoms in total. The van der Waals surface area contributed by atoms with Crippen molar-refractivity contribution in [1.29, 1.82) is 0 Å². The summed E-state index contributed by atoms with van der Waals surface area (Å²) in [5.74, 6) is 3.20. The third-order valence-electron chi connectivity index (χ3n) is 3.96. The van der Waals surface area contributed by atoms with E-state index in [2.05, 4.69) is 70.2 Å². The van der Waals surface area contributed by atoms with Gasteiger partial charge >= 0.3 is 0 Å². The van der Waals surface area contributed by atoms with Crippen molar-refractivity contribution in [2.75, 3.05) is 26.2 Å². The molecule has 0 unspecified atom stereocenters. The van der Waals surface area contributed by atoms with Crippen LogP contribution in [-0.2, 0) is 13.0 Å². The monoisotopic (exact) mass is 500 g/mol. The van der Waals surface area contributed by atoms with Crippen molar-refractivity contribution in [2.45, 2.75) is 40.7 Å². The molecular weight excluding hydrogens is 467 g/mol. The summed E-state index contributed by atoms with van der Waals surface area (Å²) in [6.07, 6.45) is 2.65. The van der Waals surface area contributed by atoms with Crippen LogP contribution >= 0.6 is 24.0 Å². The smallest absolute Gasteiger partial charge is 0.191 e. The Morgan fingerprint density at radius 2 is 1.89 bits per heavy atom. The highest BCUT2D eigenvalue weighted by Gasteiger charge is 2.03. The van der Waals surface area contributed by atoms with Gasteiger partial charge in [-0.05, 0) is 25.0 Å². The summed E-state index contributed by atoms with van der Waals surface area (Å²) >= 11 is 0. The van der Waals surface area contributed by atoms with Gasteiger partial charge < -0.3 is 19.9 Å². The predicted molar refractivity (Wildman–Crippen MR) is 125 cm³/mol. The Labute approximate surface area is 185 Å². The minimum Gasteiger partial charge on any atom is -0.492 e. The Morgan fingerprint density at radius 1 is 1.18 bits per heavy atom. The average molecular weight is 500 g/mol. The molecule has 0 saturated heterocycles. The SMILES string of the molecule is CCc1nncn1CCNC(=NCC(C)C)NCCOc1ccc(C)cc1.I. The van der Waals surface area contributed by atoms with Gasteiger partial charge in [-0.2, -0.15) is 0 Å². The summed E-state index contributed by atoms with van der Waals surface area (Å²) in [6, 6.07) is 8.09. The van der Waals surface area contributed by atoms with Gasteiger partial charge in [0, 0.05) is 26.1 Å². The highest BCUT2D eigenvalue weighted by Crippen LogP contribution is 2.10. The Morgan fingerprint density at radius 3 is 2.57 bits per heavy atom. The van der Waals surface area contributed by atoms with Gasteiger partial charge in [-0.3, -0.25) is 4.99 Å². The maximum Gasteiger partial charge on any atom is 0.191 e. The third-order valence-corrected chi connectivity index (χ3v) is 3.96. The first-order chi connectivity index (χ1) is 13.1. The molecule has 2 rings (SSSR count). The highest BCUT2D eigenvalue weighted by molar-refractivity contribution is 14.0. The minimum atomic E-state index is 0. The number of hydrogen-bond acceptors (Lipinski definition) is 4. The number of hydrogen-bond donors (Lipinski definition) is 2. The maximum absolute atomic E-state index is 5.76. The van der Waals surface area contributed by atoms with Crippen LogP contribution in [0.1, 0.15) is 32.2 Å². The lowest BCUT2D eigenvalue weighted by atomic mass is 10.2. The van der Waals surface area contributed by atoms with Gasteiger partial charge in [0.05, 0.1) is 6.54 Å². The second-order valence-corrected chi connectivity index (χ2v) is 6.89. The largest absolute Gasteiger partial charge is 0.492 e. The molecule has 0 saturated carbocycles. The Bertz CT molecular complexity index is 699. The zero-order chi connectivity index (χ0) is 19.5. The fraction of sp³-hybridized carbons (Fsp3) is 0.550. The van der Waals surface area contributed by atoms with E-state index >= 15 is 0 Å². The van der Waals surface area contributed by atoms with Crippen LogP contribution in [0.15, 0.2) is 35.6 Å². The van der Waals surface area contributed by atoms with Crippen LogP contribution in [0.5, 0.6) is 5.75 Å². The summed E-state index contributed by atoms with van der Waals surface area (Å²) in [7, 11) is 0. The number of guanidine groups is 1. The molecule has 1 aromatic carbocycles. The van der Waals surface area contributed by atoms with E-state index in [9.17, 15) is 0 Å². The number of ether oxygens (including phenoxy) is 1. The molecule has 28 heavy (non-hydrogen) atoms. The normalized spacial score (nSPS) is 11.2. The van der Waals surface area contributed by atoms with Crippen LogP contribution in [0, 0.1) is 12.8 Å². The molecule has 0 fully saturated rings. The number of benzene rings is 1. The van der Waals surface area contributed by atoms with Gasteiger partial charge in [0.15, 0.2) is 5.96 Å². The summed E-state index contributed by atoms with van der Waals surface area (Å²) in [5.41, 5.74) is 1.23. The van der Waals surface area contributed by atoms with Crippen molar-refractivity contribution in [3.8, 4) is 5.75 Å². The lowest BCUT2D eigenvalue weighted by molar-refractivity contribution is 0.321. The Balaban J connectivity index is 0.00000392. The molecule has 0 atom stereocenters. The van der Waals surface area contributed by atoms with E-state index in [1.165, 1.54) is 5.56 Å². The molecule has 2 aromatic rings. The number of aryl methyl sites for hydroxylation is 2. The standard InChI is InChI=1S/C20H32N6O.HI/c1-5-19-25-24-15-26(19)12-10-21-20(23-14-16(2)3)22-11-13-27-18-8-6-17(4)7-9-18;/h6-9,15-16H,5,10-14H2,1-4H3,(H2,21,22,23);1H. The number of rotatable bonds is 10. The lowest BCUT2D eigenvalue weighted by Gasteiger charge is -2.14. The van der Waals surface area contributed by atoms with Crippen molar-refractivity contribution in [3.63, 3.8) is 0 Å². The maximum atomic E-state index is 5.76. The first kappa shape index (κ1) is 24.2. The van der Waals surface area contributed by atoms with Gasteiger partial charge in [-0.15, -0.1) is 34.2 Å². The zero-order valence-corrected chi connectivity index (χ0v) is 19.6. The Hall–Kier alpha value is -1.84. The van der Waals surface area contributed by atoms with E-state index in [0.717, 1.165) is 43.6 Å². The number of nitrogens with zero attached hydrogens (tertiary/aromatic N) is 4. The van der Waals surface area contributed by atoms with Crippen LogP contribution in [0.25, 0.3) is 0 Å². The number of halogens is 1. The van der Waals surface area contributed by atoms with Crippen molar-refractivity contribution >= 4 is 29.9 Å². The quantitative estimate of drug-likeness (QED) is 0.227.